The van der Waals surface area contributed by atoms with Crippen LogP contribution in [0.25, 0.3) is 10.2 Å². The van der Waals surface area contributed by atoms with Crippen LogP contribution in [0.1, 0.15) is 22.3 Å². The summed E-state index contributed by atoms with van der Waals surface area (Å²) in [6.45, 7) is 3.15. The average Bonchev–Trinajstić information content (AvgIpc) is 3.27. The lowest BCUT2D eigenvalue weighted by atomic mass is 10.2. The Balaban J connectivity index is 1.71. The highest BCUT2D eigenvalue weighted by molar-refractivity contribution is 7.18. The number of nitrogens with zero attached hydrogens (tertiary/aromatic N) is 2. The molecule has 1 atom stereocenters. The maximum absolute atomic E-state index is 11.3. The van der Waals surface area contributed by atoms with Gasteiger partial charge in [-0.3, -0.25) is 0 Å². The van der Waals surface area contributed by atoms with Crippen molar-refractivity contribution in [1.82, 2.24) is 9.97 Å². The zero-order valence-corrected chi connectivity index (χ0v) is 14.9. The van der Waals surface area contributed by atoms with E-state index in [4.69, 9.17) is 9.47 Å². The van der Waals surface area contributed by atoms with Gasteiger partial charge in [-0.05, 0) is 36.1 Å². The van der Waals surface area contributed by atoms with Crippen LogP contribution in [0, 0.1) is 6.92 Å². The standard InChI is InChI=1S/C18H17N3O4S/c1-10-8-26-16-15(10)19-9-20-17(16)21-13-3-2-11(18(22)23)6-14(13)25-12-4-5-24-7-12/h2-3,6,8-9,12H,4-5,7H2,1H3,(H,22,23)(H,19,20,21). The predicted molar refractivity (Wildman–Crippen MR) is 98.7 cm³/mol. The molecule has 26 heavy (non-hydrogen) atoms. The van der Waals surface area contributed by atoms with Gasteiger partial charge in [0.25, 0.3) is 0 Å². The summed E-state index contributed by atoms with van der Waals surface area (Å²) < 4.78 is 12.3. The highest BCUT2D eigenvalue weighted by Crippen LogP contribution is 2.34. The number of benzene rings is 1. The lowest BCUT2D eigenvalue weighted by molar-refractivity contribution is 0.0696. The number of rotatable bonds is 5. The number of thiophene rings is 1. The summed E-state index contributed by atoms with van der Waals surface area (Å²) in [5.41, 5.74) is 2.83. The third-order valence-corrected chi connectivity index (χ3v) is 5.29. The van der Waals surface area contributed by atoms with Crippen LogP contribution in [0.2, 0.25) is 0 Å². The molecule has 1 unspecified atom stereocenters. The Labute approximate surface area is 153 Å². The van der Waals surface area contributed by atoms with Crippen LogP contribution in [-0.4, -0.2) is 40.4 Å². The third-order valence-electron chi connectivity index (χ3n) is 4.19. The predicted octanol–water partition coefficient (Wildman–Crippen LogP) is 3.61. The molecule has 0 spiro atoms. The van der Waals surface area contributed by atoms with Crippen molar-refractivity contribution in [2.75, 3.05) is 18.5 Å². The van der Waals surface area contributed by atoms with E-state index in [1.807, 2.05) is 12.3 Å². The van der Waals surface area contributed by atoms with E-state index in [0.29, 0.717) is 30.5 Å². The van der Waals surface area contributed by atoms with Crippen molar-refractivity contribution >= 4 is 39.0 Å². The summed E-state index contributed by atoms with van der Waals surface area (Å²) in [5.74, 6) is 0.145. The molecule has 8 heteroatoms. The Bertz CT molecular complexity index is 966. The molecular formula is C18H17N3O4S. The molecule has 1 fully saturated rings. The number of hydrogen-bond acceptors (Lipinski definition) is 7. The number of carbonyl (C=O) groups is 1. The normalized spacial score (nSPS) is 16.7. The summed E-state index contributed by atoms with van der Waals surface area (Å²) in [6, 6.07) is 4.77. The summed E-state index contributed by atoms with van der Waals surface area (Å²) in [6.07, 6.45) is 2.20. The first-order chi connectivity index (χ1) is 12.6. The fourth-order valence-corrected chi connectivity index (χ4v) is 3.77. The van der Waals surface area contributed by atoms with E-state index in [0.717, 1.165) is 22.2 Å². The number of fused-ring (bicyclic) bond motifs is 1. The summed E-state index contributed by atoms with van der Waals surface area (Å²) in [4.78, 5) is 20.0. The second kappa shape index (κ2) is 6.89. The number of nitrogens with one attached hydrogen (secondary N) is 1. The van der Waals surface area contributed by atoms with Gasteiger partial charge < -0.3 is 19.9 Å². The van der Waals surface area contributed by atoms with Crippen LogP contribution in [0.4, 0.5) is 11.5 Å². The molecule has 3 heterocycles. The number of aryl methyl sites for hydroxylation is 1. The van der Waals surface area contributed by atoms with Crippen molar-refractivity contribution in [3.63, 3.8) is 0 Å². The van der Waals surface area contributed by atoms with Crippen LogP contribution >= 0.6 is 11.3 Å². The zero-order valence-electron chi connectivity index (χ0n) is 14.1. The molecule has 134 valence electrons. The molecule has 0 saturated carbocycles. The number of aromatic nitrogens is 2. The Kier molecular flexibility index (Phi) is 4.44. The fraction of sp³-hybridized carbons (Fsp3) is 0.278. The van der Waals surface area contributed by atoms with Crippen LogP contribution in [-0.2, 0) is 4.74 Å². The Morgan fingerprint density at radius 1 is 1.42 bits per heavy atom. The van der Waals surface area contributed by atoms with Gasteiger partial charge in [-0.1, -0.05) is 0 Å². The van der Waals surface area contributed by atoms with Crippen LogP contribution < -0.4 is 10.1 Å². The fourth-order valence-electron chi connectivity index (χ4n) is 2.83. The molecule has 3 aromatic rings. The maximum atomic E-state index is 11.3. The monoisotopic (exact) mass is 371 g/mol. The molecule has 4 rings (SSSR count). The summed E-state index contributed by atoms with van der Waals surface area (Å²) in [7, 11) is 0. The Morgan fingerprint density at radius 2 is 2.31 bits per heavy atom. The Hall–Kier alpha value is -2.71. The van der Waals surface area contributed by atoms with E-state index in [1.165, 1.54) is 12.4 Å². The lowest BCUT2D eigenvalue weighted by Crippen LogP contribution is -2.17. The van der Waals surface area contributed by atoms with Crippen molar-refractivity contribution < 1.29 is 19.4 Å². The number of hydrogen-bond donors (Lipinski definition) is 2. The topological polar surface area (TPSA) is 93.6 Å². The summed E-state index contributed by atoms with van der Waals surface area (Å²) in [5, 5.41) is 14.6. The highest BCUT2D eigenvalue weighted by atomic mass is 32.1. The molecule has 0 radical (unpaired) electrons. The average molecular weight is 371 g/mol. The van der Waals surface area contributed by atoms with Crippen LogP contribution in [0.15, 0.2) is 29.9 Å². The van der Waals surface area contributed by atoms with Gasteiger partial charge in [-0.25, -0.2) is 14.8 Å². The van der Waals surface area contributed by atoms with E-state index in [-0.39, 0.29) is 11.7 Å². The first-order valence-corrected chi connectivity index (χ1v) is 9.07. The lowest BCUT2D eigenvalue weighted by Gasteiger charge is -2.17. The molecule has 0 aliphatic carbocycles. The molecule has 0 amide bonds. The molecule has 2 N–H and O–H groups in total. The number of ether oxygens (including phenoxy) is 2. The van der Waals surface area contributed by atoms with E-state index in [9.17, 15) is 9.90 Å². The molecule has 1 saturated heterocycles. The van der Waals surface area contributed by atoms with E-state index < -0.39 is 5.97 Å². The van der Waals surface area contributed by atoms with E-state index in [1.54, 1.807) is 23.5 Å². The van der Waals surface area contributed by atoms with Gasteiger partial charge in [0.15, 0.2) is 5.82 Å². The second-order valence-electron chi connectivity index (χ2n) is 6.06. The minimum absolute atomic E-state index is 0.0889. The number of carboxylic acids is 1. The van der Waals surface area contributed by atoms with Gasteiger partial charge in [0.2, 0.25) is 0 Å². The first-order valence-electron chi connectivity index (χ1n) is 8.19. The van der Waals surface area contributed by atoms with Crippen LogP contribution in [0.5, 0.6) is 5.75 Å². The molecular weight excluding hydrogens is 354 g/mol. The Morgan fingerprint density at radius 3 is 3.08 bits per heavy atom. The van der Waals surface area contributed by atoms with Crippen molar-refractivity contribution in [3.05, 3.63) is 41.0 Å². The van der Waals surface area contributed by atoms with Crippen molar-refractivity contribution in [1.29, 1.82) is 0 Å². The van der Waals surface area contributed by atoms with E-state index in [2.05, 4.69) is 15.3 Å². The number of aromatic carboxylic acids is 1. The molecule has 0 bridgehead atoms. The van der Waals surface area contributed by atoms with Crippen LogP contribution in [0.3, 0.4) is 0 Å². The van der Waals surface area contributed by atoms with Gasteiger partial charge in [0, 0.05) is 6.42 Å². The van der Waals surface area contributed by atoms with Gasteiger partial charge in [0.05, 0.1) is 34.7 Å². The van der Waals surface area contributed by atoms with Crippen molar-refractivity contribution in [2.45, 2.75) is 19.4 Å². The van der Waals surface area contributed by atoms with Crippen molar-refractivity contribution in [3.8, 4) is 5.75 Å². The largest absolute Gasteiger partial charge is 0.486 e. The molecule has 1 aromatic carbocycles. The highest BCUT2D eigenvalue weighted by Gasteiger charge is 2.20. The molecule has 2 aromatic heterocycles. The SMILES string of the molecule is Cc1csc2c(Nc3ccc(C(=O)O)cc3OC3CCOC3)ncnc12. The minimum Gasteiger partial charge on any atom is -0.486 e. The second-order valence-corrected chi connectivity index (χ2v) is 6.94. The smallest absolute Gasteiger partial charge is 0.335 e. The maximum Gasteiger partial charge on any atom is 0.335 e. The van der Waals surface area contributed by atoms with E-state index >= 15 is 0 Å². The van der Waals surface area contributed by atoms with Gasteiger partial charge in [-0.15, -0.1) is 11.3 Å². The number of carboxylic acid groups (broad SMARTS) is 1. The zero-order chi connectivity index (χ0) is 18.1. The summed E-state index contributed by atoms with van der Waals surface area (Å²) >= 11 is 1.56. The molecule has 1 aliphatic rings. The third kappa shape index (κ3) is 3.21. The van der Waals surface area contributed by atoms with Gasteiger partial charge in [0.1, 0.15) is 18.2 Å². The quantitative estimate of drug-likeness (QED) is 0.707. The number of anilines is 2. The van der Waals surface area contributed by atoms with Crippen molar-refractivity contribution in [2.24, 2.45) is 0 Å². The minimum atomic E-state index is -0.998. The first kappa shape index (κ1) is 16.7. The van der Waals surface area contributed by atoms with Gasteiger partial charge in [-0.2, -0.15) is 0 Å². The molecule has 7 nitrogen and oxygen atoms in total. The van der Waals surface area contributed by atoms with Gasteiger partial charge >= 0.3 is 5.97 Å². The molecule has 1 aliphatic heterocycles.